The van der Waals surface area contributed by atoms with Crippen molar-refractivity contribution >= 4 is 34.4 Å². The fraction of sp³-hybridized carbons (Fsp3) is 0.174. The Morgan fingerprint density at radius 2 is 1.97 bits per heavy atom. The van der Waals surface area contributed by atoms with E-state index in [1.807, 2.05) is 59.3 Å². The zero-order valence-corrected chi connectivity index (χ0v) is 16.6. The molecule has 0 aliphatic carbocycles. The number of amides is 1. The van der Waals surface area contributed by atoms with Crippen LogP contribution < -0.4 is 15.5 Å². The van der Waals surface area contributed by atoms with Crippen LogP contribution in [0.1, 0.15) is 5.56 Å². The van der Waals surface area contributed by atoms with Crippen molar-refractivity contribution in [3.8, 4) is 11.3 Å². The minimum atomic E-state index is -0.231. The number of aliphatic hydroxyl groups is 1. The van der Waals surface area contributed by atoms with Crippen molar-refractivity contribution in [2.24, 2.45) is 0 Å². The fourth-order valence-corrected chi connectivity index (χ4v) is 4.09. The Hall–Kier alpha value is -3.91. The van der Waals surface area contributed by atoms with E-state index in [0.717, 1.165) is 39.5 Å². The van der Waals surface area contributed by atoms with Gasteiger partial charge in [-0.05, 0) is 35.9 Å². The third-order valence-electron chi connectivity index (χ3n) is 5.76. The average Bonchev–Trinajstić information content (AvgIpc) is 3.37. The van der Waals surface area contributed by atoms with Crippen LogP contribution in [0, 0.1) is 0 Å². The molecule has 8 heteroatoms. The van der Waals surface area contributed by atoms with Gasteiger partial charge in [-0.3, -0.25) is 4.79 Å². The first-order chi connectivity index (χ1) is 15.1. The number of β-amino-alcohol motifs (C(OH)–C–C–N with tert-alkyl or cyclic N) is 1. The van der Waals surface area contributed by atoms with Gasteiger partial charge in [0.2, 0.25) is 5.91 Å². The smallest absolute Gasteiger partial charge is 0.228 e. The molecular weight excluding hydrogens is 392 g/mol. The highest BCUT2D eigenvalue weighted by Gasteiger charge is 2.24. The minimum Gasteiger partial charge on any atom is -0.389 e. The first kappa shape index (κ1) is 17.9. The Labute approximate surface area is 178 Å². The first-order valence-electron chi connectivity index (χ1n) is 10.2. The van der Waals surface area contributed by atoms with Crippen LogP contribution in [0.2, 0.25) is 0 Å². The summed E-state index contributed by atoms with van der Waals surface area (Å²) in [7, 11) is 0. The van der Waals surface area contributed by atoms with Gasteiger partial charge >= 0.3 is 0 Å². The number of aliphatic hydroxyl groups excluding tert-OH is 1. The number of nitrogens with one attached hydrogen (secondary N) is 2. The van der Waals surface area contributed by atoms with Gasteiger partial charge in [0.1, 0.15) is 0 Å². The molecule has 1 fully saturated rings. The molecule has 4 aromatic rings. The largest absolute Gasteiger partial charge is 0.389 e. The van der Waals surface area contributed by atoms with E-state index in [2.05, 4.69) is 20.5 Å². The first-order valence-corrected chi connectivity index (χ1v) is 10.2. The second-order valence-corrected chi connectivity index (χ2v) is 7.96. The molecule has 0 bridgehead atoms. The number of nitrogens with zero attached hydrogens (tertiary/aromatic N) is 4. The quantitative estimate of drug-likeness (QED) is 0.477. The van der Waals surface area contributed by atoms with E-state index < -0.39 is 0 Å². The van der Waals surface area contributed by atoms with Gasteiger partial charge in [0.05, 0.1) is 18.2 Å². The van der Waals surface area contributed by atoms with Crippen LogP contribution in [-0.2, 0) is 11.2 Å². The summed E-state index contributed by atoms with van der Waals surface area (Å²) in [5, 5.41) is 15.8. The van der Waals surface area contributed by atoms with Crippen molar-refractivity contribution < 1.29 is 9.90 Å². The molecule has 4 heterocycles. The van der Waals surface area contributed by atoms with Crippen molar-refractivity contribution in [2.45, 2.75) is 12.5 Å². The van der Waals surface area contributed by atoms with Gasteiger partial charge in [-0.25, -0.2) is 9.97 Å². The maximum Gasteiger partial charge on any atom is 0.228 e. The predicted octanol–water partition coefficient (Wildman–Crippen LogP) is 2.82. The second-order valence-electron chi connectivity index (χ2n) is 7.96. The number of anilines is 4. The lowest BCUT2D eigenvalue weighted by atomic mass is 10.1. The minimum absolute atomic E-state index is 0.0173. The molecule has 0 spiro atoms. The van der Waals surface area contributed by atoms with Gasteiger partial charge in [-0.15, -0.1) is 0 Å². The van der Waals surface area contributed by atoms with E-state index in [1.165, 1.54) is 0 Å². The number of aromatic nitrogens is 3. The highest BCUT2D eigenvalue weighted by atomic mass is 16.3. The highest BCUT2D eigenvalue weighted by Crippen LogP contribution is 2.31. The third-order valence-corrected chi connectivity index (χ3v) is 5.76. The Morgan fingerprint density at radius 3 is 2.77 bits per heavy atom. The lowest BCUT2D eigenvalue weighted by Gasteiger charge is -2.37. The summed E-state index contributed by atoms with van der Waals surface area (Å²) in [5.74, 6) is 0.669. The van der Waals surface area contributed by atoms with Gasteiger partial charge in [-0.1, -0.05) is 12.1 Å². The molecule has 6 rings (SSSR count). The van der Waals surface area contributed by atoms with E-state index in [0.29, 0.717) is 25.3 Å². The molecule has 2 aromatic carbocycles. The zero-order valence-electron chi connectivity index (χ0n) is 16.6. The average molecular weight is 412 g/mol. The Morgan fingerprint density at radius 1 is 1.13 bits per heavy atom. The van der Waals surface area contributed by atoms with Crippen LogP contribution in [0.5, 0.6) is 0 Å². The number of hydrogen-bond acceptors (Lipinski definition) is 6. The molecule has 3 N–H and O–H groups in total. The fourth-order valence-electron chi connectivity index (χ4n) is 4.09. The summed E-state index contributed by atoms with van der Waals surface area (Å²) >= 11 is 0. The van der Waals surface area contributed by atoms with Gasteiger partial charge in [0.15, 0.2) is 11.5 Å². The molecule has 0 unspecified atom stereocenters. The summed E-state index contributed by atoms with van der Waals surface area (Å²) in [4.78, 5) is 23.1. The Bertz CT molecular complexity index is 1310. The molecule has 0 saturated carbocycles. The van der Waals surface area contributed by atoms with Crippen molar-refractivity contribution in [1.82, 2.24) is 14.4 Å². The SMILES string of the molecule is O=C1Cc2ccc(-c3cn4ccnc4c(Nc4ccc(N5CC(O)C5)cc4)n3)cc2N1. The number of carbonyl (C=O) groups is 1. The number of imidazole rings is 1. The van der Waals surface area contributed by atoms with Gasteiger partial charge in [0, 0.05) is 54.3 Å². The normalized spacial score (nSPS) is 15.6. The molecule has 2 aliphatic heterocycles. The Balaban J connectivity index is 1.33. The van der Waals surface area contributed by atoms with Crippen molar-refractivity contribution in [3.05, 3.63) is 66.6 Å². The lowest BCUT2D eigenvalue weighted by Crippen LogP contribution is -2.50. The van der Waals surface area contributed by atoms with Crippen molar-refractivity contribution in [1.29, 1.82) is 0 Å². The van der Waals surface area contributed by atoms with Crippen LogP contribution in [0.4, 0.5) is 22.9 Å². The van der Waals surface area contributed by atoms with Crippen LogP contribution in [-0.4, -0.2) is 44.6 Å². The molecule has 2 aliphatic rings. The monoisotopic (exact) mass is 412 g/mol. The summed E-state index contributed by atoms with van der Waals surface area (Å²) in [6, 6.07) is 14.0. The standard InChI is InChI=1S/C23H20N6O2/c30-18-11-29(12-18)17-5-3-16(4-6-17)25-22-23-24-7-8-28(23)13-20(27-22)14-1-2-15-10-21(31)26-19(15)9-14/h1-9,13,18,30H,10-12H2,(H,25,27)(H,26,31). The number of hydrogen-bond donors (Lipinski definition) is 3. The predicted molar refractivity (Wildman–Crippen MR) is 119 cm³/mol. The van der Waals surface area contributed by atoms with E-state index in [-0.39, 0.29) is 12.0 Å². The van der Waals surface area contributed by atoms with E-state index in [1.54, 1.807) is 6.20 Å². The van der Waals surface area contributed by atoms with Crippen LogP contribution in [0.15, 0.2) is 61.1 Å². The van der Waals surface area contributed by atoms with E-state index in [4.69, 9.17) is 4.98 Å². The highest BCUT2D eigenvalue weighted by molar-refractivity contribution is 5.99. The molecule has 1 saturated heterocycles. The summed E-state index contributed by atoms with van der Waals surface area (Å²) in [5.41, 5.74) is 6.27. The zero-order chi connectivity index (χ0) is 20.9. The maximum atomic E-state index is 11.7. The number of benzene rings is 2. The van der Waals surface area contributed by atoms with Crippen LogP contribution in [0.25, 0.3) is 16.9 Å². The van der Waals surface area contributed by atoms with Gasteiger partial charge in [0.25, 0.3) is 0 Å². The van der Waals surface area contributed by atoms with Crippen molar-refractivity contribution in [2.75, 3.05) is 28.6 Å². The maximum absolute atomic E-state index is 11.7. The topological polar surface area (TPSA) is 94.8 Å². The van der Waals surface area contributed by atoms with Crippen LogP contribution >= 0.6 is 0 Å². The number of carbonyl (C=O) groups excluding carboxylic acids is 1. The molecule has 0 atom stereocenters. The molecule has 0 radical (unpaired) electrons. The molecule has 31 heavy (non-hydrogen) atoms. The van der Waals surface area contributed by atoms with E-state index >= 15 is 0 Å². The summed E-state index contributed by atoms with van der Waals surface area (Å²) < 4.78 is 1.94. The van der Waals surface area contributed by atoms with Gasteiger partial charge in [-0.2, -0.15) is 0 Å². The second kappa shape index (κ2) is 6.82. The molecule has 154 valence electrons. The summed E-state index contributed by atoms with van der Waals surface area (Å²) in [6.45, 7) is 1.35. The number of fused-ring (bicyclic) bond motifs is 2. The summed E-state index contributed by atoms with van der Waals surface area (Å²) in [6.07, 6.45) is 5.75. The van der Waals surface area contributed by atoms with Gasteiger partial charge < -0.3 is 25.0 Å². The van der Waals surface area contributed by atoms with Crippen molar-refractivity contribution in [3.63, 3.8) is 0 Å². The Kier molecular flexibility index (Phi) is 3.94. The third kappa shape index (κ3) is 3.17. The molecule has 2 aromatic heterocycles. The molecule has 8 nitrogen and oxygen atoms in total. The lowest BCUT2D eigenvalue weighted by molar-refractivity contribution is -0.115. The van der Waals surface area contributed by atoms with E-state index in [9.17, 15) is 9.90 Å². The molecule has 1 amide bonds. The molecular formula is C23H20N6O2. The number of rotatable bonds is 4. The van der Waals surface area contributed by atoms with Crippen LogP contribution in [0.3, 0.4) is 0 Å².